The first-order chi connectivity index (χ1) is 11.9. The SMILES string of the molecule is CC1(C)CC1(CNC(=O)c1cccc2c1CCC2=O)c1ccccc1. The van der Waals surface area contributed by atoms with Crippen molar-refractivity contribution in [2.75, 3.05) is 6.54 Å². The van der Waals surface area contributed by atoms with E-state index in [-0.39, 0.29) is 22.5 Å². The van der Waals surface area contributed by atoms with Gasteiger partial charge in [0.1, 0.15) is 0 Å². The number of carbonyl (C=O) groups is 2. The number of nitrogens with one attached hydrogen (secondary N) is 1. The molecule has 2 aliphatic carbocycles. The Morgan fingerprint density at radius 3 is 2.44 bits per heavy atom. The van der Waals surface area contributed by atoms with Crippen LogP contribution in [0.15, 0.2) is 48.5 Å². The summed E-state index contributed by atoms with van der Waals surface area (Å²) in [7, 11) is 0. The number of fused-ring (bicyclic) bond motifs is 1. The van der Waals surface area contributed by atoms with Crippen LogP contribution in [0.4, 0.5) is 0 Å². The molecule has 1 N–H and O–H groups in total. The zero-order chi connectivity index (χ0) is 17.7. The molecule has 0 aliphatic heterocycles. The Hall–Kier alpha value is -2.42. The van der Waals surface area contributed by atoms with Crippen LogP contribution < -0.4 is 5.32 Å². The Labute approximate surface area is 148 Å². The zero-order valence-corrected chi connectivity index (χ0v) is 14.8. The summed E-state index contributed by atoms with van der Waals surface area (Å²) in [4.78, 5) is 24.7. The highest BCUT2D eigenvalue weighted by Gasteiger charge is 2.61. The van der Waals surface area contributed by atoms with E-state index >= 15 is 0 Å². The van der Waals surface area contributed by atoms with E-state index in [1.165, 1.54) is 5.56 Å². The fraction of sp³-hybridized carbons (Fsp3) is 0.364. The summed E-state index contributed by atoms with van der Waals surface area (Å²) in [5, 5.41) is 3.15. The third-order valence-electron chi connectivity index (χ3n) is 6.11. The summed E-state index contributed by atoms with van der Waals surface area (Å²) >= 11 is 0. The Balaban J connectivity index is 1.56. The third kappa shape index (κ3) is 2.50. The molecule has 128 valence electrons. The number of amides is 1. The van der Waals surface area contributed by atoms with Crippen molar-refractivity contribution in [1.82, 2.24) is 5.32 Å². The minimum absolute atomic E-state index is 0.00229. The molecule has 1 fully saturated rings. The summed E-state index contributed by atoms with van der Waals surface area (Å²) in [6, 6.07) is 15.9. The molecule has 1 saturated carbocycles. The molecule has 0 radical (unpaired) electrons. The predicted molar refractivity (Wildman–Crippen MR) is 97.9 cm³/mol. The number of ketones is 1. The lowest BCUT2D eigenvalue weighted by molar-refractivity contribution is 0.0946. The molecule has 2 aromatic rings. The molecule has 1 atom stereocenters. The maximum atomic E-state index is 12.8. The van der Waals surface area contributed by atoms with Crippen LogP contribution in [0.25, 0.3) is 0 Å². The number of carbonyl (C=O) groups excluding carboxylic acids is 2. The van der Waals surface area contributed by atoms with Gasteiger partial charge < -0.3 is 5.32 Å². The number of Topliss-reactive ketones (excluding diaryl/α,β-unsaturated/α-hetero) is 1. The van der Waals surface area contributed by atoms with Crippen molar-refractivity contribution < 1.29 is 9.59 Å². The molecule has 0 saturated heterocycles. The Bertz CT molecular complexity index is 854. The van der Waals surface area contributed by atoms with E-state index in [4.69, 9.17) is 0 Å². The topological polar surface area (TPSA) is 46.2 Å². The minimum Gasteiger partial charge on any atom is -0.351 e. The van der Waals surface area contributed by atoms with Crippen LogP contribution in [0.5, 0.6) is 0 Å². The molecule has 2 aliphatic rings. The Morgan fingerprint density at radius 1 is 1.04 bits per heavy atom. The van der Waals surface area contributed by atoms with E-state index in [1.807, 2.05) is 24.3 Å². The average molecular weight is 333 g/mol. The van der Waals surface area contributed by atoms with E-state index in [0.29, 0.717) is 24.9 Å². The van der Waals surface area contributed by atoms with Crippen molar-refractivity contribution >= 4 is 11.7 Å². The summed E-state index contributed by atoms with van der Waals surface area (Å²) in [6.45, 7) is 5.14. The lowest BCUT2D eigenvalue weighted by Gasteiger charge is -2.22. The van der Waals surface area contributed by atoms with Crippen LogP contribution in [0.1, 0.15) is 58.5 Å². The molecule has 3 nitrogen and oxygen atoms in total. The van der Waals surface area contributed by atoms with Gasteiger partial charge in [-0.1, -0.05) is 56.3 Å². The van der Waals surface area contributed by atoms with E-state index < -0.39 is 0 Å². The first kappa shape index (κ1) is 16.1. The summed E-state index contributed by atoms with van der Waals surface area (Å²) < 4.78 is 0. The molecule has 0 heterocycles. The first-order valence-electron chi connectivity index (χ1n) is 8.93. The van der Waals surface area contributed by atoms with E-state index in [0.717, 1.165) is 17.5 Å². The predicted octanol–water partition coefficient (Wildman–Crippen LogP) is 3.91. The standard InChI is InChI=1S/C22H23NO2/c1-21(2)13-22(21,15-7-4-3-5-8-15)14-23-20(25)18-10-6-9-17-16(18)11-12-19(17)24/h3-10H,11-14H2,1-2H3,(H,23,25). The number of hydrogen-bond donors (Lipinski definition) is 1. The highest BCUT2D eigenvalue weighted by atomic mass is 16.1. The van der Waals surface area contributed by atoms with Crippen molar-refractivity contribution in [3.8, 4) is 0 Å². The normalized spacial score (nSPS) is 23.2. The minimum atomic E-state index is -0.0652. The van der Waals surface area contributed by atoms with Crippen LogP contribution in [0.3, 0.4) is 0 Å². The molecule has 0 bridgehead atoms. The van der Waals surface area contributed by atoms with Gasteiger partial charge in [0.2, 0.25) is 0 Å². The lowest BCUT2D eigenvalue weighted by atomic mass is 9.87. The Morgan fingerprint density at radius 2 is 1.76 bits per heavy atom. The van der Waals surface area contributed by atoms with Crippen molar-refractivity contribution in [2.24, 2.45) is 5.41 Å². The molecule has 1 unspecified atom stereocenters. The van der Waals surface area contributed by atoms with Crippen LogP contribution in [0.2, 0.25) is 0 Å². The molecule has 0 aromatic heterocycles. The lowest BCUT2D eigenvalue weighted by Crippen LogP contribution is -2.35. The van der Waals surface area contributed by atoms with Gasteiger partial charge in [0.05, 0.1) is 0 Å². The van der Waals surface area contributed by atoms with Crippen LogP contribution in [-0.2, 0) is 11.8 Å². The maximum Gasteiger partial charge on any atom is 0.251 e. The van der Waals surface area contributed by atoms with Crippen LogP contribution in [0, 0.1) is 5.41 Å². The molecule has 1 amide bonds. The van der Waals surface area contributed by atoms with Crippen LogP contribution >= 0.6 is 0 Å². The van der Waals surface area contributed by atoms with Gasteiger partial charge in [-0.05, 0) is 35.4 Å². The van der Waals surface area contributed by atoms with Gasteiger partial charge in [-0.3, -0.25) is 9.59 Å². The highest BCUT2D eigenvalue weighted by molar-refractivity contribution is 6.05. The molecular weight excluding hydrogens is 310 g/mol. The third-order valence-corrected chi connectivity index (χ3v) is 6.11. The fourth-order valence-electron chi connectivity index (χ4n) is 4.39. The Kier molecular flexibility index (Phi) is 3.57. The quantitative estimate of drug-likeness (QED) is 0.922. The molecule has 0 spiro atoms. The molecule has 3 heteroatoms. The second-order valence-corrected chi connectivity index (χ2v) is 7.95. The van der Waals surface area contributed by atoms with Crippen molar-refractivity contribution in [3.63, 3.8) is 0 Å². The van der Waals surface area contributed by atoms with Gasteiger partial charge in [-0.25, -0.2) is 0 Å². The number of hydrogen-bond acceptors (Lipinski definition) is 2. The largest absolute Gasteiger partial charge is 0.351 e. The maximum absolute atomic E-state index is 12.8. The summed E-state index contributed by atoms with van der Waals surface area (Å²) in [5.41, 5.74) is 3.75. The summed E-state index contributed by atoms with van der Waals surface area (Å²) in [6.07, 6.45) is 2.25. The first-order valence-corrected chi connectivity index (χ1v) is 8.93. The van der Waals surface area contributed by atoms with Crippen molar-refractivity contribution in [1.29, 1.82) is 0 Å². The van der Waals surface area contributed by atoms with Gasteiger partial charge in [-0.2, -0.15) is 0 Å². The second kappa shape index (κ2) is 5.55. The van der Waals surface area contributed by atoms with Crippen LogP contribution in [-0.4, -0.2) is 18.2 Å². The number of benzene rings is 2. The molecular formula is C22H23NO2. The van der Waals surface area contributed by atoms with Gasteiger partial charge in [0.25, 0.3) is 5.91 Å². The molecule has 25 heavy (non-hydrogen) atoms. The molecule has 2 aromatic carbocycles. The highest BCUT2D eigenvalue weighted by Crippen LogP contribution is 2.63. The van der Waals surface area contributed by atoms with E-state index in [1.54, 1.807) is 0 Å². The fourth-order valence-corrected chi connectivity index (χ4v) is 4.39. The van der Waals surface area contributed by atoms with E-state index in [9.17, 15) is 9.59 Å². The average Bonchev–Trinajstić information content (AvgIpc) is 2.98. The zero-order valence-electron chi connectivity index (χ0n) is 14.8. The number of rotatable bonds is 4. The van der Waals surface area contributed by atoms with Gasteiger partial charge in [0.15, 0.2) is 5.78 Å². The van der Waals surface area contributed by atoms with Crippen molar-refractivity contribution in [2.45, 2.75) is 38.5 Å². The summed E-state index contributed by atoms with van der Waals surface area (Å²) in [5.74, 6) is 0.0817. The molecule has 4 rings (SSSR count). The smallest absolute Gasteiger partial charge is 0.251 e. The second-order valence-electron chi connectivity index (χ2n) is 7.95. The van der Waals surface area contributed by atoms with Gasteiger partial charge in [-0.15, -0.1) is 0 Å². The van der Waals surface area contributed by atoms with Gasteiger partial charge >= 0.3 is 0 Å². The van der Waals surface area contributed by atoms with E-state index in [2.05, 4.69) is 43.4 Å². The van der Waals surface area contributed by atoms with Gasteiger partial charge in [0, 0.05) is 29.5 Å². The monoisotopic (exact) mass is 333 g/mol. The van der Waals surface area contributed by atoms with Crippen molar-refractivity contribution in [3.05, 3.63) is 70.8 Å².